The average molecular weight is 182 g/mol. The summed E-state index contributed by atoms with van der Waals surface area (Å²) in [5, 5.41) is 0. The van der Waals surface area contributed by atoms with Crippen molar-refractivity contribution in [1.29, 1.82) is 0 Å². The molecular weight excluding hydrogens is 172 g/mol. The Morgan fingerprint density at radius 3 is 2.90 bits per heavy atom. The summed E-state index contributed by atoms with van der Waals surface area (Å²) in [5.41, 5.74) is 0. The van der Waals surface area contributed by atoms with Gasteiger partial charge in [-0.25, -0.2) is 0 Å². The maximum absolute atomic E-state index is 10.6. The van der Waals surface area contributed by atoms with Gasteiger partial charge in [-0.05, 0) is 15.5 Å². The maximum Gasteiger partial charge on any atom is 0.307 e. The highest BCUT2D eigenvalue weighted by atomic mass is 35.5. The first-order valence-electron chi connectivity index (χ1n) is 2.86. The summed E-state index contributed by atoms with van der Waals surface area (Å²) in [7, 11) is 2.93. The molecule has 0 aromatic carbocycles. The second-order valence-electron chi connectivity index (χ2n) is 1.61. The van der Waals surface area contributed by atoms with Crippen molar-refractivity contribution in [2.45, 2.75) is 12.8 Å². The van der Waals surface area contributed by atoms with E-state index in [2.05, 4.69) is 18.5 Å². The van der Waals surface area contributed by atoms with E-state index in [9.17, 15) is 4.79 Å². The lowest BCUT2D eigenvalue weighted by Crippen LogP contribution is -2.02. The molecule has 0 heterocycles. The van der Waals surface area contributed by atoms with Gasteiger partial charge < -0.3 is 4.74 Å². The average Bonchev–Trinajstić information content (AvgIpc) is 1.89. The van der Waals surface area contributed by atoms with Crippen molar-refractivity contribution < 1.29 is 9.53 Å². The van der Waals surface area contributed by atoms with Crippen LogP contribution in [0.25, 0.3) is 0 Å². The van der Waals surface area contributed by atoms with Gasteiger partial charge in [0.1, 0.15) is 0 Å². The molecule has 10 heavy (non-hydrogen) atoms. The van der Waals surface area contributed by atoms with Gasteiger partial charge in [-0.15, -0.1) is 0 Å². The van der Waals surface area contributed by atoms with Crippen molar-refractivity contribution in [2.24, 2.45) is 4.74 Å². The van der Waals surface area contributed by atoms with Crippen molar-refractivity contribution in [3.05, 3.63) is 0 Å². The molecular formula is C5H9ClNO2P. The molecule has 0 atom stereocenters. The van der Waals surface area contributed by atoms with Crippen LogP contribution in [-0.4, -0.2) is 18.6 Å². The topological polar surface area (TPSA) is 38.7 Å². The third-order valence-electron chi connectivity index (χ3n) is 0.866. The van der Waals surface area contributed by atoms with Gasteiger partial charge >= 0.3 is 5.97 Å². The quantitative estimate of drug-likeness (QED) is 0.281. The van der Waals surface area contributed by atoms with Crippen LogP contribution >= 0.6 is 20.6 Å². The summed E-state index contributed by atoms with van der Waals surface area (Å²) >= 11 is 5.13. The molecule has 0 N–H and O–H groups in total. The number of hydrogen-bond acceptors (Lipinski definition) is 3. The number of hydrogen-bond donors (Lipinski definition) is 0. The van der Waals surface area contributed by atoms with Gasteiger partial charge in [-0.1, -0.05) is 11.6 Å². The Morgan fingerprint density at radius 2 is 2.40 bits per heavy atom. The van der Waals surface area contributed by atoms with E-state index in [0.29, 0.717) is 19.4 Å². The van der Waals surface area contributed by atoms with E-state index in [0.717, 1.165) is 0 Å². The highest BCUT2D eigenvalue weighted by Crippen LogP contribution is 1.94. The number of esters is 1. The van der Waals surface area contributed by atoms with Gasteiger partial charge in [0.25, 0.3) is 0 Å². The molecule has 58 valence electrons. The zero-order valence-electron chi connectivity index (χ0n) is 5.47. The van der Waals surface area contributed by atoms with E-state index in [1.165, 1.54) is 0 Å². The predicted octanol–water partition coefficient (Wildman–Crippen LogP) is 1.83. The van der Waals surface area contributed by atoms with Crippen LogP contribution in [0.5, 0.6) is 0 Å². The molecule has 0 rings (SSSR count). The van der Waals surface area contributed by atoms with Crippen LogP contribution in [0.15, 0.2) is 4.74 Å². The lowest BCUT2D eigenvalue weighted by molar-refractivity contribution is -0.141. The number of rotatable bonds is 5. The molecule has 0 unspecified atom stereocenters. The van der Waals surface area contributed by atoms with Crippen LogP contribution in [0, 0.1) is 0 Å². The molecule has 3 nitrogen and oxygen atoms in total. The largest absolute Gasteiger partial charge is 0.449 e. The van der Waals surface area contributed by atoms with Gasteiger partial charge in [0.05, 0.1) is 0 Å². The minimum absolute atomic E-state index is 0.0656. The number of alkyl halides is 1. The molecule has 0 aliphatic rings. The van der Waals surface area contributed by atoms with E-state index in [4.69, 9.17) is 11.6 Å². The zero-order chi connectivity index (χ0) is 7.82. The highest BCUT2D eigenvalue weighted by molar-refractivity contribution is 7.03. The zero-order valence-corrected chi connectivity index (χ0v) is 7.23. The molecule has 0 aromatic rings. The van der Waals surface area contributed by atoms with Crippen molar-refractivity contribution in [2.75, 3.05) is 12.6 Å². The monoisotopic (exact) mass is 181 g/mol. The molecule has 0 aliphatic carbocycles. The Hall–Kier alpha value is -0.140. The SMILES string of the molecule is O=C(CCCN=P)OCCl. The third kappa shape index (κ3) is 5.99. The number of carbonyl (C=O) groups is 1. The van der Waals surface area contributed by atoms with E-state index in [1.54, 1.807) is 0 Å². The first-order chi connectivity index (χ1) is 4.81. The van der Waals surface area contributed by atoms with Crippen LogP contribution < -0.4 is 0 Å². The van der Waals surface area contributed by atoms with Gasteiger partial charge in [0, 0.05) is 13.0 Å². The summed E-state index contributed by atoms with van der Waals surface area (Å²) in [6, 6.07) is -0.0656. The van der Waals surface area contributed by atoms with Crippen molar-refractivity contribution in [3.8, 4) is 0 Å². The van der Waals surface area contributed by atoms with Gasteiger partial charge in [-0.3, -0.25) is 9.54 Å². The van der Waals surface area contributed by atoms with Crippen molar-refractivity contribution in [1.82, 2.24) is 0 Å². The van der Waals surface area contributed by atoms with E-state index < -0.39 is 0 Å². The van der Waals surface area contributed by atoms with Crippen LogP contribution in [-0.2, 0) is 9.53 Å². The second-order valence-corrected chi connectivity index (χ2v) is 2.15. The van der Waals surface area contributed by atoms with Crippen LogP contribution in [0.3, 0.4) is 0 Å². The summed E-state index contributed by atoms with van der Waals surface area (Å²) in [6.07, 6.45) is 1.07. The lowest BCUT2D eigenvalue weighted by atomic mass is 10.3. The number of carbonyl (C=O) groups excluding carboxylic acids is 1. The molecule has 0 aromatic heterocycles. The van der Waals surface area contributed by atoms with E-state index in [1.807, 2.05) is 0 Å². The van der Waals surface area contributed by atoms with Gasteiger partial charge in [0.2, 0.25) is 0 Å². The number of ether oxygens (including phenoxy) is 1. The summed E-state index contributed by atoms with van der Waals surface area (Å²) in [4.78, 5) is 10.6. The minimum Gasteiger partial charge on any atom is -0.449 e. The standard InChI is InChI=1S/C5H9ClNO2P/c6-4-9-5(8)2-1-3-7-10/h10H,1-4H2. The Bertz CT molecular complexity index is 120. The van der Waals surface area contributed by atoms with Gasteiger partial charge in [-0.2, -0.15) is 0 Å². The van der Waals surface area contributed by atoms with Crippen molar-refractivity contribution in [3.63, 3.8) is 0 Å². The molecule has 0 fully saturated rings. The summed E-state index contributed by atoms with van der Waals surface area (Å²) in [6.45, 7) is 0.619. The smallest absolute Gasteiger partial charge is 0.307 e. The van der Waals surface area contributed by atoms with Gasteiger partial charge in [0.15, 0.2) is 6.07 Å². The highest BCUT2D eigenvalue weighted by Gasteiger charge is 1.99. The first-order valence-corrected chi connectivity index (χ1v) is 3.84. The Balaban J connectivity index is 3.13. The number of nitrogens with zero attached hydrogens (tertiary/aromatic N) is 1. The van der Waals surface area contributed by atoms with Crippen LogP contribution in [0.1, 0.15) is 12.8 Å². The van der Waals surface area contributed by atoms with Crippen LogP contribution in [0.4, 0.5) is 0 Å². The predicted molar refractivity (Wildman–Crippen MR) is 41.7 cm³/mol. The molecule has 0 spiro atoms. The molecule has 0 aliphatic heterocycles. The molecule has 0 bridgehead atoms. The minimum atomic E-state index is -0.273. The summed E-state index contributed by atoms with van der Waals surface area (Å²) < 4.78 is 8.09. The molecule has 5 heteroatoms. The van der Waals surface area contributed by atoms with Crippen LogP contribution in [0.2, 0.25) is 0 Å². The second kappa shape index (κ2) is 6.97. The fourth-order valence-electron chi connectivity index (χ4n) is 0.435. The van der Waals surface area contributed by atoms with E-state index >= 15 is 0 Å². The Morgan fingerprint density at radius 1 is 1.70 bits per heavy atom. The van der Waals surface area contributed by atoms with Crippen molar-refractivity contribution >= 4 is 26.6 Å². The molecule has 0 saturated carbocycles. The molecule has 0 amide bonds. The summed E-state index contributed by atoms with van der Waals surface area (Å²) in [5.74, 6) is -0.273. The molecule has 0 saturated heterocycles. The first kappa shape index (κ1) is 9.86. The molecule has 0 radical (unpaired) electrons. The lowest BCUT2D eigenvalue weighted by Gasteiger charge is -1.96. The third-order valence-corrected chi connectivity index (χ3v) is 1.20. The normalized spacial score (nSPS) is 8.90. The fourth-order valence-corrected chi connectivity index (χ4v) is 0.715. The Labute approximate surface area is 67.0 Å². The maximum atomic E-state index is 10.6. The number of halogens is 1. The fraction of sp³-hybridized carbons (Fsp3) is 0.800. The Kier molecular flexibility index (Phi) is 6.88. The van der Waals surface area contributed by atoms with E-state index in [-0.39, 0.29) is 12.0 Å².